The predicted octanol–water partition coefficient (Wildman–Crippen LogP) is 2.11. The highest BCUT2D eigenvalue weighted by Crippen LogP contribution is 2.15. The van der Waals surface area contributed by atoms with Gasteiger partial charge in [0, 0.05) is 0 Å². The van der Waals surface area contributed by atoms with Crippen molar-refractivity contribution in [3.8, 4) is 0 Å². The van der Waals surface area contributed by atoms with Crippen LogP contribution in [0.4, 0.5) is 0 Å². The first kappa shape index (κ1) is 7.80. The normalized spacial score (nSPS) is 35.0. The van der Waals surface area contributed by atoms with E-state index in [4.69, 9.17) is 0 Å². The van der Waals surface area contributed by atoms with Crippen LogP contribution in [0.1, 0.15) is 32.6 Å². The Labute approximate surface area is 62.8 Å². The largest absolute Gasteiger partial charge is 0.389 e. The standard InChI is InChI=1S/C9H16O/c1-8-4-2-3-5-9(10)7-6-8/h6-10H,2-5H2,1H3/t8-,9-/m0/s1. The molecule has 0 fully saturated rings. The van der Waals surface area contributed by atoms with E-state index in [0.29, 0.717) is 5.92 Å². The molecule has 0 aromatic heterocycles. The molecule has 0 saturated carbocycles. The quantitative estimate of drug-likeness (QED) is 0.511. The SMILES string of the molecule is C[C@@H]1C=C[C@@H](O)CCCC1. The second-order valence-corrected chi connectivity index (χ2v) is 3.21. The third kappa shape index (κ3) is 2.53. The molecule has 2 atom stereocenters. The topological polar surface area (TPSA) is 20.2 Å². The van der Waals surface area contributed by atoms with Crippen LogP contribution in [0.15, 0.2) is 12.2 Å². The van der Waals surface area contributed by atoms with Crippen molar-refractivity contribution in [2.24, 2.45) is 5.92 Å². The Bertz CT molecular complexity index is 104. The maximum Gasteiger partial charge on any atom is 0.0721 e. The van der Waals surface area contributed by atoms with Crippen molar-refractivity contribution in [1.82, 2.24) is 0 Å². The molecule has 58 valence electrons. The van der Waals surface area contributed by atoms with Crippen molar-refractivity contribution >= 4 is 0 Å². The van der Waals surface area contributed by atoms with Crippen molar-refractivity contribution in [2.75, 3.05) is 0 Å². The van der Waals surface area contributed by atoms with E-state index >= 15 is 0 Å². The molecule has 0 radical (unpaired) electrons. The van der Waals surface area contributed by atoms with Crippen molar-refractivity contribution < 1.29 is 5.11 Å². The van der Waals surface area contributed by atoms with Crippen molar-refractivity contribution in [1.29, 1.82) is 0 Å². The summed E-state index contributed by atoms with van der Waals surface area (Å²) in [5, 5.41) is 9.25. The summed E-state index contributed by atoms with van der Waals surface area (Å²) in [4.78, 5) is 0. The molecule has 0 spiro atoms. The summed E-state index contributed by atoms with van der Waals surface area (Å²) >= 11 is 0. The van der Waals surface area contributed by atoms with Crippen LogP contribution < -0.4 is 0 Å². The van der Waals surface area contributed by atoms with Gasteiger partial charge in [0.25, 0.3) is 0 Å². The van der Waals surface area contributed by atoms with Gasteiger partial charge in [0.05, 0.1) is 6.10 Å². The highest BCUT2D eigenvalue weighted by atomic mass is 16.3. The van der Waals surface area contributed by atoms with E-state index < -0.39 is 0 Å². The summed E-state index contributed by atoms with van der Waals surface area (Å²) in [5.74, 6) is 0.662. The molecule has 1 heteroatoms. The van der Waals surface area contributed by atoms with Crippen LogP contribution in [0.3, 0.4) is 0 Å². The third-order valence-electron chi connectivity index (χ3n) is 2.07. The molecule has 0 aliphatic heterocycles. The molecular weight excluding hydrogens is 124 g/mol. The van der Waals surface area contributed by atoms with Crippen LogP contribution in [-0.2, 0) is 0 Å². The fourth-order valence-corrected chi connectivity index (χ4v) is 1.33. The first-order chi connectivity index (χ1) is 4.79. The highest BCUT2D eigenvalue weighted by Gasteiger charge is 2.05. The maximum absolute atomic E-state index is 9.25. The summed E-state index contributed by atoms with van der Waals surface area (Å²) in [6.45, 7) is 2.20. The van der Waals surface area contributed by atoms with E-state index in [1.165, 1.54) is 19.3 Å². The molecule has 1 aliphatic carbocycles. The monoisotopic (exact) mass is 140 g/mol. The Hall–Kier alpha value is -0.300. The lowest BCUT2D eigenvalue weighted by Gasteiger charge is -2.12. The predicted molar refractivity (Wildman–Crippen MR) is 42.8 cm³/mol. The zero-order valence-electron chi connectivity index (χ0n) is 6.59. The molecule has 1 aliphatic rings. The van der Waals surface area contributed by atoms with E-state index in [-0.39, 0.29) is 6.10 Å². The van der Waals surface area contributed by atoms with E-state index in [0.717, 1.165) is 6.42 Å². The average Bonchev–Trinajstić information content (AvgIpc) is 1.90. The van der Waals surface area contributed by atoms with Gasteiger partial charge in [-0.2, -0.15) is 0 Å². The Morgan fingerprint density at radius 2 is 1.90 bits per heavy atom. The molecule has 10 heavy (non-hydrogen) atoms. The van der Waals surface area contributed by atoms with E-state index in [1.54, 1.807) is 0 Å². The number of hydrogen-bond acceptors (Lipinski definition) is 1. The molecule has 0 unspecified atom stereocenters. The van der Waals surface area contributed by atoms with Crippen molar-refractivity contribution in [3.05, 3.63) is 12.2 Å². The molecule has 0 heterocycles. The minimum atomic E-state index is -0.178. The average molecular weight is 140 g/mol. The van der Waals surface area contributed by atoms with Gasteiger partial charge in [-0.05, 0) is 18.8 Å². The molecule has 0 aromatic rings. The minimum absolute atomic E-state index is 0.178. The smallest absolute Gasteiger partial charge is 0.0721 e. The van der Waals surface area contributed by atoms with Gasteiger partial charge in [-0.15, -0.1) is 0 Å². The molecular formula is C9H16O. The van der Waals surface area contributed by atoms with Crippen molar-refractivity contribution in [2.45, 2.75) is 38.7 Å². The number of aliphatic hydroxyl groups excluding tert-OH is 1. The summed E-state index contributed by atoms with van der Waals surface area (Å²) < 4.78 is 0. The Kier molecular flexibility index (Phi) is 2.94. The van der Waals surface area contributed by atoms with Crippen molar-refractivity contribution in [3.63, 3.8) is 0 Å². The van der Waals surface area contributed by atoms with Crippen LogP contribution in [0.2, 0.25) is 0 Å². The number of allylic oxidation sites excluding steroid dienone is 1. The minimum Gasteiger partial charge on any atom is -0.389 e. The summed E-state index contributed by atoms with van der Waals surface area (Å²) in [7, 11) is 0. The highest BCUT2D eigenvalue weighted by molar-refractivity contribution is 4.93. The third-order valence-corrected chi connectivity index (χ3v) is 2.07. The number of hydrogen-bond donors (Lipinski definition) is 1. The van der Waals surface area contributed by atoms with Gasteiger partial charge in [-0.1, -0.05) is 31.9 Å². The zero-order chi connectivity index (χ0) is 7.40. The van der Waals surface area contributed by atoms with Crippen LogP contribution in [0, 0.1) is 5.92 Å². The van der Waals surface area contributed by atoms with Crippen LogP contribution in [-0.4, -0.2) is 11.2 Å². The molecule has 0 amide bonds. The van der Waals surface area contributed by atoms with Crippen LogP contribution in [0.25, 0.3) is 0 Å². The van der Waals surface area contributed by atoms with E-state index in [1.807, 2.05) is 6.08 Å². The van der Waals surface area contributed by atoms with Crippen LogP contribution >= 0.6 is 0 Å². The molecule has 0 bridgehead atoms. The summed E-state index contributed by atoms with van der Waals surface area (Å²) in [6.07, 6.45) is 8.56. The Balaban J connectivity index is 2.42. The fraction of sp³-hybridized carbons (Fsp3) is 0.778. The van der Waals surface area contributed by atoms with Gasteiger partial charge in [0.1, 0.15) is 0 Å². The fourth-order valence-electron chi connectivity index (χ4n) is 1.33. The van der Waals surface area contributed by atoms with Gasteiger partial charge in [-0.25, -0.2) is 0 Å². The Morgan fingerprint density at radius 3 is 2.70 bits per heavy atom. The Morgan fingerprint density at radius 1 is 1.20 bits per heavy atom. The first-order valence-corrected chi connectivity index (χ1v) is 4.15. The molecule has 1 rings (SSSR count). The van der Waals surface area contributed by atoms with E-state index in [9.17, 15) is 5.11 Å². The molecule has 1 nitrogen and oxygen atoms in total. The maximum atomic E-state index is 9.25. The number of aliphatic hydroxyl groups is 1. The molecule has 1 N–H and O–H groups in total. The second kappa shape index (κ2) is 3.77. The zero-order valence-corrected chi connectivity index (χ0v) is 6.59. The summed E-state index contributed by atoms with van der Waals surface area (Å²) in [6, 6.07) is 0. The van der Waals surface area contributed by atoms with E-state index in [2.05, 4.69) is 13.0 Å². The van der Waals surface area contributed by atoms with Gasteiger partial charge in [0.15, 0.2) is 0 Å². The van der Waals surface area contributed by atoms with Gasteiger partial charge in [0.2, 0.25) is 0 Å². The van der Waals surface area contributed by atoms with Gasteiger partial charge < -0.3 is 5.11 Å². The lowest BCUT2D eigenvalue weighted by molar-refractivity contribution is 0.204. The first-order valence-electron chi connectivity index (χ1n) is 4.15. The lowest BCUT2D eigenvalue weighted by Crippen LogP contribution is -2.05. The lowest BCUT2D eigenvalue weighted by atomic mass is 9.97. The van der Waals surface area contributed by atoms with Crippen LogP contribution in [0.5, 0.6) is 0 Å². The van der Waals surface area contributed by atoms with Gasteiger partial charge >= 0.3 is 0 Å². The number of rotatable bonds is 0. The molecule has 0 saturated heterocycles. The second-order valence-electron chi connectivity index (χ2n) is 3.21. The van der Waals surface area contributed by atoms with Gasteiger partial charge in [-0.3, -0.25) is 0 Å². The summed E-state index contributed by atoms with van der Waals surface area (Å²) in [5.41, 5.74) is 0. The molecule has 0 aromatic carbocycles.